The topological polar surface area (TPSA) is 151 Å². The molecule has 10 heteroatoms. The van der Waals surface area contributed by atoms with E-state index in [2.05, 4.69) is 55.6 Å². The number of carbonyl (C=O) groups is 1. The van der Waals surface area contributed by atoms with Crippen LogP contribution in [0.15, 0.2) is 48.6 Å². The van der Waals surface area contributed by atoms with Crippen molar-refractivity contribution in [3.63, 3.8) is 0 Å². The first-order chi connectivity index (χ1) is 26.3. The summed E-state index contributed by atoms with van der Waals surface area (Å²) in [6.45, 7) is 3.91. The molecule has 0 saturated heterocycles. The zero-order valence-corrected chi connectivity index (χ0v) is 35.5. The third kappa shape index (κ3) is 37.3. The van der Waals surface area contributed by atoms with Gasteiger partial charge in [0.2, 0.25) is 5.91 Å². The second kappa shape index (κ2) is 39.6. The summed E-state index contributed by atoms with van der Waals surface area (Å²) < 4.78 is 22.1. The minimum absolute atomic E-state index is 0.0424. The molecule has 0 aliphatic heterocycles. The van der Waals surface area contributed by atoms with Crippen LogP contribution in [0, 0.1) is 0 Å². The molecule has 4 atom stereocenters. The highest BCUT2D eigenvalue weighted by Crippen LogP contribution is 2.43. The lowest BCUT2D eigenvalue weighted by atomic mass is 10.0. The first-order valence-electron chi connectivity index (χ1n) is 21.9. The van der Waals surface area contributed by atoms with Crippen LogP contribution in [0.4, 0.5) is 0 Å². The second-order valence-electron chi connectivity index (χ2n) is 14.8. The number of phosphoric ester groups is 1. The normalized spacial score (nSPS) is 15.1. The van der Waals surface area contributed by atoms with Gasteiger partial charge in [0.1, 0.15) is 0 Å². The Bertz CT molecular complexity index is 1000. The molecule has 6 N–H and O–H groups in total. The molecule has 0 aliphatic rings. The molecule has 0 spiro atoms. The van der Waals surface area contributed by atoms with E-state index in [1.807, 2.05) is 6.08 Å². The van der Waals surface area contributed by atoms with Gasteiger partial charge in [0.25, 0.3) is 0 Å². The molecule has 0 bridgehead atoms. The summed E-state index contributed by atoms with van der Waals surface area (Å²) in [7, 11) is -4.41. The van der Waals surface area contributed by atoms with Gasteiger partial charge in [0, 0.05) is 6.54 Å². The molecule has 0 aliphatic carbocycles. The fraction of sp³-hybridized carbons (Fsp3) is 0.795. The second-order valence-corrected chi connectivity index (χ2v) is 16.2. The number of rotatable bonds is 40. The Morgan fingerprint density at radius 1 is 0.648 bits per heavy atom. The van der Waals surface area contributed by atoms with Crippen molar-refractivity contribution in [3.05, 3.63) is 48.6 Å². The number of aliphatic hydroxyl groups excluding tert-OH is 2. The maximum atomic E-state index is 12.8. The van der Waals surface area contributed by atoms with Crippen LogP contribution in [-0.2, 0) is 18.4 Å². The van der Waals surface area contributed by atoms with Gasteiger partial charge in [-0.25, -0.2) is 4.57 Å². The zero-order chi connectivity index (χ0) is 39.8. The van der Waals surface area contributed by atoms with Gasteiger partial charge in [-0.2, -0.15) is 0 Å². The Morgan fingerprint density at radius 2 is 1.11 bits per heavy atom. The Balaban J connectivity index is 4.38. The SMILES string of the molecule is CCCCC/C=C\C=C/CCCCCCCCCCC(O)CC(=O)NC(COP(=O)(O)OCCN)C(O)/C=C/CC/C=C/CCCCCCCCCCC. The lowest BCUT2D eigenvalue weighted by Crippen LogP contribution is -2.46. The highest BCUT2D eigenvalue weighted by molar-refractivity contribution is 7.47. The van der Waals surface area contributed by atoms with Gasteiger partial charge in [-0.3, -0.25) is 13.8 Å². The van der Waals surface area contributed by atoms with Crippen molar-refractivity contribution in [1.82, 2.24) is 5.32 Å². The van der Waals surface area contributed by atoms with Crippen molar-refractivity contribution in [3.8, 4) is 0 Å². The Kier molecular flexibility index (Phi) is 38.5. The summed E-state index contributed by atoms with van der Waals surface area (Å²) in [6, 6.07) is -1.00. The summed E-state index contributed by atoms with van der Waals surface area (Å²) >= 11 is 0. The van der Waals surface area contributed by atoms with Crippen LogP contribution < -0.4 is 11.1 Å². The number of allylic oxidation sites excluding steroid dienone is 7. The van der Waals surface area contributed by atoms with E-state index in [9.17, 15) is 24.5 Å². The van der Waals surface area contributed by atoms with Crippen LogP contribution >= 0.6 is 7.82 Å². The van der Waals surface area contributed by atoms with Crippen LogP contribution in [-0.4, -0.2) is 59.0 Å². The minimum atomic E-state index is -4.41. The van der Waals surface area contributed by atoms with E-state index in [0.717, 1.165) is 38.5 Å². The van der Waals surface area contributed by atoms with E-state index in [4.69, 9.17) is 14.8 Å². The van der Waals surface area contributed by atoms with E-state index in [1.54, 1.807) is 6.08 Å². The van der Waals surface area contributed by atoms with Crippen molar-refractivity contribution in [2.45, 2.75) is 205 Å². The van der Waals surface area contributed by atoms with E-state index < -0.39 is 38.6 Å². The Hall–Kier alpha value is -1.58. The lowest BCUT2D eigenvalue weighted by molar-refractivity contribution is -0.124. The molecule has 4 unspecified atom stereocenters. The molecule has 0 aromatic rings. The van der Waals surface area contributed by atoms with Gasteiger partial charge in [-0.05, 0) is 57.8 Å². The molecule has 0 aromatic carbocycles. The smallest absolute Gasteiger partial charge is 0.393 e. The number of hydrogen-bond acceptors (Lipinski definition) is 7. The van der Waals surface area contributed by atoms with Gasteiger partial charge in [-0.15, -0.1) is 0 Å². The fourth-order valence-corrected chi connectivity index (χ4v) is 6.88. The van der Waals surface area contributed by atoms with Crippen molar-refractivity contribution in [2.75, 3.05) is 19.8 Å². The van der Waals surface area contributed by atoms with Gasteiger partial charge in [0.15, 0.2) is 0 Å². The van der Waals surface area contributed by atoms with Crippen molar-refractivity contribution < 1.29 is 33.5 Å². The predicted octanol–water partition coefficient (Wildman–Crippen LogP) is 11.1. The number of nitrogens with one attached hydrogen (secondary N) is 1. The number of aliphatic hydroxyl groups is 2. The van der Waals surface area contributed by atoms with Crippen molar-refractivity contribution >= 4 is 13.7 Å². The van der Waals surface area contributed by atoms with E-state index in [-0.39, 0.29) is 19.6 Å². The maximum Gasteiger partial charge on any atom is 0.472 e. The number of phosphoric acid groups is 1. The van der Waals surface area contributed by atoms with Crippen LogP contribution in [0.25, 0.3) is 0 Å². The van der Waals surface area contributed by atoms with Crippen LogP contribution in [0.1, 0.15) is 187 Å². The summed E-state index contributed by atoms with van der Waals surface area (Å²) in [5.74, 6) is -0.462. The Labute approximate surface area is 331 Å². The van der Waals surface area contributed by atoms with E-state index in [1.165, 1.54) is 116 Å². The van der Waals surface area contributed by atoms with Crippen LogP contribution in [0.3, 0.4) is 0 Å². The minimum Gasteiger partial charge on any atom is -0.393 e. The average molecular weight is 783 g/mol. The monoisotopic (exact) mass is 783 g/mol. The molecule has 0 saturated carbocycles. The quantitative estimate of drug-likeness (QED) is 0.0178. The molecule has 1 amide bonds. The lowest BCUT2D eigenvalue weighted by Gasteiger charge is -2.24. The van der Waals surface area contributed by atoms with Gasteiger partial charge in [0.05, 0.1) is 37.9 Å². The first-order valence-corrected chi connectivity index (χ1v) is 23.4. The Morgan fingerprint density at radius 3 is 1.69 bits per heavy atom. The maximum absolute atomic E-state index is 12.8. The van der Waals surface area contributed by atoms with Crippen molar-refractivity contribution in [1.29, 1.82) is 0 Å². The molecular weight excluding hydrogens is 699 g/mol. The molecule has 0 rings (SSSR count). The highest BCUT2D eigenvalue weighted by Gasteiger charge is 2.27. The average Bonchev–Trinajstić information content (AvgIpc) is 3.15. The third-order valence-corrected chi connectivity index (χ3v) is 10.4. The number of nitrogens with two attached hydrogens (primary N) is 1. The van der Waals surface area contributed by atoms with Gasteiger partial charge < -0.3 is 26.2 Å². The van der Waals surface area contributed by atoms with E-state index in [0.29, 0.717) is 12.8 Å². The largest absolute Gasteiger partial charge is 0.472 e. The molecule has 9 nitrogen and oxygen atoms in total. The highest BCUT2D eigenvalue weighted by atomic mass is 31.2. The van der Waals surface area contributed by atoms with Gasteiger partial charge in [-0.1, -0.05) is 172 Å². The third-order valence-electron chi connectivity index (χ3n) is 9.46. The zero-order valence-electron chi connectivity index (χ0n) is 34.6. The molecular formula is C44H83N2O7P. The van der Waals surface area contributed by atoms with Crippen LogP contribution in [0.5, 0.6) is 0 Å². The number of carbonyl (C=O) groups excluding carboxylic acids is 1. The summed E-state index contributed by atoms with van der Waals surface area (Å²) in [5.41, 5.74) is 5.36. The first kappa shape index (κ1) is 52.4. The summed E-state index contributed by atoms with van der Waals surface area (Å²) in [5, 5.41) is 24.0. The molecule has 316 valence electrons. The van der Waals surface area contributed by atoms with Crippen LogP contribution in [0.2, 0.25) is 0 Å². The standard InChI is InChI=1S/C44H83N2O7P/c1-3-5-7-9-11-13-15-17-19-20-22-23-25-27-29-31-33-35-41(47)39-44(49)46-42(40-53-54(50,51)52-38-37-45)43(48)36-34-32-30-28-26-24-21-18-16-14-12-10-8-6-4-2/h11,13,15,17,26,28,34,36,41-43,47-48H,3-10,12,14,16,18-25,27,29-33,35,37-40,45H2,1-2H3,(H,46,49)(H,50,51)/b13-11-,17-15-,28-26+,36-34+. The molecule has 0 fully saturated rings. The van der Waals surface area contributed by atoms with Crippen molar-refractivity contribution in [2.24, 2.45) is 5.73 Å². The van der Waals surface area contributed by atoms with Gasteiger partial charge >= 0.3 is 7.82 Å². The summed E-state index contributed by atoms with van der Waals surface area (Å²) in [4.78, 5) is 22.7. The molecule has 54 heavy (non-hydrogen) atoms. The molecule has 0 radical (unpaired) electrons. The fourth-order valence-electron chi connectivity index (χ4n) is 6.12. The number of unbranched alkanes of at least 4 members (excludes halogenated alkanes) is 21. The molecule has 0 heterocycles. The van der Waals surface area contributed by atoms with E-state index >= 15 is 0 Å². The number of amides is 1. The number of hydrogen-bond donors (Lipinski definition) is 5. The molecule has 0 aromatic heterocycles. The predicted molar refractivity (Wildman–Crippen MR) is 227 cm³/mol. The summed E-state index contributed by atoms with van der Waals surface area (Å²) in [6.07, 6.45) is 44.8.